The number of aldehydes is 1. The Kier molecular flexibility index (Phi) is 19.7. The number of carbonyl (C=O) groups excluding carboxylic acids is 1. The Morgan fingerprint density at radius 2 is 1.33 bits per heavy atom. The fraction of sp³-hybridized carbons (Fsp3) is 0.824. The number of hydrogen-bond donors (Lipinski definition) is 1. The Morgan fingerprint density at radius 1 is 0.917 bits per heavy atom. The first-order chi connectivity index (χ1) is 11.0. The Hall–Kier alpha value is 0.120. The van der Waals surface area contributed by atoms with Crippen LogP contribution in [0.1, 0.15) is 84.0 Å². The van der Waals surface area contributed by atoms with E-state index in [-0.39, 0.29) is 41.0 Å². The Balaban J connectivity index is 0. The van der Waals surface area contributed by atoms with Gasteiger partial charge in [-0.25, -0.2) is 5.48 Å². The standard InChI is InChI=1S/C17H33NO4S.Na.H/c1-3-4-5-6-7-8-9-10-11-12-13-14-15-23(20,21)22-18-17(2)16-19;;/h16,18H,2-15H2,1H3;;. The van der Waals surface area contributed by atoms with E-state index in [9.17, 15) is 13.2 Å². The predicted octanol–water partition coefficient (Wildman–Crippen LogP) is 3.60. The van der Waals surface area contributed by atoms with E-state index in [2.05, 4.69) is 17.8 Å². The molecule has 1 N–H and O–H groups in total. The quantitative estimate of drug-likeness (QED) is 0.139. The first kappa shape index (κ1) is 26.4. The molecule has 0 aliphatic carbocycles. The topological polar surface area (TPSA) is 72.5 Å². The van der Waals surface area contributed by atoms with Gasteiger partial charge in [0.2, 0.25) is 0 Å². The van der Waals surface area contributed by atoms with Crippen LogP contribution in [-0.2, 0) is 19.2 Å². The van der Waals surface area contributed by atoms with Crippen molar-refractivity contribution in [3.8, 4) is 0 Å². The summed E-state index contributed by atoms with van der Waals surface area (Å²) in [5, 5.41) is 0. The van der Waals surface area contributed by atoms with Crippen molar-refractivity contribution in [3.05, 3.63) is 12.3 Å². The number of rotatable bonds is 17. The van der Waals surface area contributed by atoms with Gasteiger partial charge in [-0.3, -0.25) is 4.79 Å². The van der Waals surface area contributed by atoms with Crippen molar-refractivity contribution in [2.75, 3.05) is 5.75 Å². The third-order valence-electron chi connectivity index (χ3n) is 3.69. The van der Waals surface area contributed by atoms with E-state index in [0.717, 1.165) is 19.3 Å². The normalized spacial score (nSPS) is 10.9. The number of hydroxylamine groups is 1. The summed E-state index contributed by atoms with van der Waals surface area (Å²) in [5.41, 5.74) is 1.91. The zero-order chi connectivity index (χ0) is 17.4. The molecule has 0 aromatic carbocycles. The Labute approximate surface area is 170 Å². The SMILES string of the molecule is C=C(C=O)NOS(=O)(=O)CCCCCCCCCCCCCC.[NaH]. The summed E-state index contributed by atoms with van der Waals surface area (Å²) in [5.74, 6) is -0.0381. The molecule has 0 aliphatic heterocycles. The first-order valence-electron chi connectivity index (χ1n) is 8.83. The van der Waals surface area contributed by atoms with Crippen LogP contribution in [0.5, 0.6) is 0 Å². The van der Waals surface area contributed by atoms with Gasteiger partial charge in [-0.05, 0) is 6.42 Å². The van der Waals surface area contributed by atoms with Gasteiger partial charge in [0.05, 0.1) is 11.4 Å². The second-order valence-electron chi connectivity index (χ2n) is 5.98. The van der Waals surface area contributed by atoms with Crippen LogP contribution in [0.3, 0.4) is 0 Å². The van der Waals surface area contributed by atoms with Gasteiger partial charge in [-0.1, -0.05) is 84.1 Å². The van der Waals surface area contributed by atoms with Crippen LogP contribution in [-0.4, -0.2) is 50.0 Å². The van der Waals surface area contributed by atoms with Crippen molar-refractivity contribution in [1.82, 2.24) is 5.48 Å². The van der Waals surface area contributed by atoms with Crippen molar-refractivity contribution in [2.45, 2.75) is 84.0 Å². The molecule has 0 unspecified atom stereocenters. The molecule has 0 aromatic heterocycles. The van der Waals surface area contributed by atoms with Gasteiger partial charge in [-0.15, -0.1) is 0 Å². The van der Waals surface area contributed by atoms with Gasteiger partial charge in [0, 0.05) is 0 Å². The number of hydrogen-bond acceptors (Lipinski definition) is 5. The van der Waals surface area contributed by atoms with Crippen LogP contribution in [0.2, 0.25) is 0 Å². The number of nitrogens with one attached hydrogen (secondary N) is 1. The summed E-state index contributed by atoms with van der Waals surface area (Å²) >= 11 is 0. The molecule has 0 bridgehead atoms. The van der Waals surface area contributed by atoms with E-state index in [4.69, 9.17) is 0 Å². The molecule has 0 amide bonds. The van der Waals surface area contributed by atoms with Crippen LogP contribution >= 0.6 is 0 Å². The Bertz CT molecular complexity index is 413. The molecule has 0 saturated carbocycles. The van der Waals surface area contributed by atoms with Crippen molar-refractivity contribution >= 4 is 46.0 Å². The molecule has 7 heteroatoms. The van der Waals surface area contributed by atoms with E-state index in [1.165, 1.54) is 51.4 Å². The van der Waals surface area contributed by atoms with Gasteiger partial charge < -0.3 is 0 Å². The summed E-state index contributed by atoms with van der Waals surface area (Å²) in [7, 11) is -3.63. The molecule has 0 atom stereocenters. The molecular formula is C17H34NNaO4S. The maximum atomic E-state index is 11.5. The fourth-order valence-electron chi connectivity index (χ4n) is 2.30. The minimum absolute atomic E-state index is 0. The van der Waals surface area contributed by atoms with E-state index in [1.54, 1.807) is 0 Å². The van der Waals surface area contributed by atoms with E-state index >= 15 is 0 Å². The van der Waals surface area contributed by atoms with Crippen molar-refractivity contribution < 1.29 is 17.5 Å². The average molecular weight is 372 g/mol. The van der Waals surface area contributed by atoms with Crippen molar-refractivity contribution in [2.24, 2.45) is 0 Å². The minimum atomic E-state index is -3.63. The molecule has 0 rings (SSSR count). The molecule has 24 heavy (non-hydrogen) atoms. The fourth-order valence-corrected chi connectivity index (χ4v) is 3.18. The van der Waals surface area contributed by atoms with E-state index in [0.29, 0.717) is 12.7 Å². The number of unbranched alkanes of at least 4 members (excludes halogenated alkanes) is 11. The molecule has 0 saturated heterocycles. The molecule has 0 heterocycles. The number of carbonyl (C=O) groups is 1. The molecule has 0 aliphatic rings. The molecule has 5 nitrogen and oxygen atoms in total. The van der Waals surface area contributed by atoms with Gasteiger partial charge in [0.25, 0.3) is 10.1 Å². The summed E-state index contributed by atoms with van der Waals surface area (Å²) in [4.78, 5) is 10.3. The Morgan fingerprint density at radius 3 is 1.75 bits per heavy atom. The molecular weight excluding hydrogens is 337 g/mol. The second-order valence-corrected chi connectivity index (χ2v) is 7.67. The van der Waals surface area contributed by atoms with Crippen LogP contribution in [0.15, 0.2) is 12.3 Å². The van der Waals surface area contributed by atoms with E-state index in [1.807, 2.05) is 5.48 Å². The molecule has 0 spiro atoms. The van der Waals surface area contributed by atoms with Gasteiger partial charge in [-0.2, -0.15) is 12.7 Å². The maximum absolute atomic E-state index is 11.5. The molecule has 0 aromatic rings. The van der Waals surface area contributed by atoms with E-state index < -0.39 is 10.1 Å². The monoisotopic (exact) mass is 371 g/mol. The summed E-state index contributed by atoms with van der Waals surface area (Å²) in [6.07, 6.45) is 14.6. The van der Waals surface area contributed by atoms with Gasteiger partial charge >= 0.3 is 29.6 Å². The molecule has 0 radical (unpaired) electrons. The third-order valence-corrected chi connectivity index (χ3v) is 4.82. The van der Waals surface area contributed by atoms with Crippen LogP contribution < -0.4 is 5.48 Å². The number of allylic oxidation sites excluding steroid dienone is 1. The predicted molar refractivity (Wildman–Crippen MR) is 101 cm³/mol. The van der Waals surface area contributed by atoms with Gasteiger partial charge in [0.15, 0.2) is 6.29 Å². The molecule has 138 valence electrons. The van der Waals surface area contributed by atoms with Crippen molar-refractivity contribution in [1.29, 1.82) is 0 Å². The third kappa shape index (κ3) is 18.5. The zero-order valence-electron chi connectivity index (χ0n) is 14.5. The van der Waals surface area contributed by atoms with Crippen LogP contribution in [0.4, 0.5) is 0 Å². The summed E-state index contributed by atoms with van der Waals surface area (Å²) in [6, 6.07) is 0. The molecule has 0 fully saturated rings. The summed E-state index contributed by atoms with van der Waals surface area (Å²) < 4.78 is 27.5. The van der Waals surface area contributed by atoms with Crippen molar-refractivity contribution in [3.63, 3.8) is 0 Å². The second kappa shape index (κ2) is 17.9. The zero-order valence-corrected chi connectivity index (χ0v) is 15.3. The summed E-state index contributed by atoms with van der Waals surface area (Å²) in [6.45, 7) is 5.51. The average Bonchev–Trinajstić information content (AvgIpc) is 2.53. The van der Waals surface area contributed by atoms with Gasteiger partial charge in [0.1, 0.15) is 0 Å². The first-order valence-corrected chi connectivity index (χ1v) is 10.4. The van der Waals surface area contributed by atoms with Crippen LogP contribution in [0.25, 0.3) is 0 Å². The van der Waals surface area contributed by atoms with Crippen LogP contribution in [0, 0.1) is 0 Å².